The molecule has 0 bridgehead atoms. The zero-order chi connectivity index (χ0) is 26.6. The van der Waals surface area contributed by atoms with Gasteiger partial charge in [-0.2, -0.15) is 0 Å². The van der Waals surface area contributed by atoms with Gasteiger partial charge in [-0.05, 0) is 35.1 Å². The number of amides is 1. The van der Waals surface area contributed by atoms with Gasteiger partial charge in [0, 0.05) is 34.6 Å². The van der Waals surface area contributed by atoms with Crippen LogP contribution in [0.4, 0.5) is 5.13 Å². The van der Waals surface area contributed by atoms with Crippen LogP contribution in [0.5, 0.6) is 0 Å². The van der Waals surface area contributed by atoms with Crippen molar-refractivity contribution < 1.29 is 4.79 Å². The van der Waals surface area contributed by atoms with Gasteiger partial charge in [-0.15, -0.1) is 28.1 Å². The first kappa shape index (κ1) is 27.1. The average molecular weight is 552 g/mol. The molecular weight excluding hydrogens is 522 g/mol. The van der Waals surface area contributed by atoms with Crippen molar-refractivity contribution in [1.29, 1.82) is 0 Å². The number of halogens is 1. The Hall–Kier alpha value is -2.94. The Kier molecular flexibility index (Phi) is 8.52. The van der Waals surface area contributed by atoms with Crippen molar-refractivity contribution in [2.24, 2.45) is 0 Å². The molecule has 4 aromatic rings. The van der Waals surface area contributed by atoms with Gasteiger partial charge < -0.3 is 5.32 Å². The second-order valence-corrected chi connectivity index (χ2v) is 12.2. The van der Waals surface area contributed by atoms with E-state index in [2.05, 4.69) is 78.2 Å². The molecule has 0 atom stereocenters. The zero-order valence-corrected chi connectivity index (χ0v) is 23.8. The van der Waals surface area contributed by atoms with E-state index in [9.17, 15) is 4.79 Å². The predicted octanol–water partition coefficient (Wildman–Crippen LogP) is 7.17. The molecule has 0 aliphatic heterocycles. The van der Waals surface area contributed by atoms with Crippen LogP contribution < -0.4 is 5.32 Å². The van der Waals surface area contributed by atoms with Gasteiger partial charge in [-0.25, -0.2) is 4.98 Å². The fraction of sp³-hybridized carbons (Fsp3) is 0.286. The molecular formula is C28H30ClN5OS2. The van der Waals surface area contributed by atoms with E-state index >= 15 is 0 Å². The Labute approximate surface area is 231 Å². The minimum absolute atomic E-state index is 0.0776. The van der Waals surface area contributed by atoms with E-state index in [1.807, 2.05) is 23.6 Å². The highest BCUT2D eigenvalue weighted by Gasteiger charge is 2.18. The molecule has 0 saturated carbocycles. The van der Waals surface area contributed by atoms with Gasteiger partial charge in [-0.3, -0.25) is 9.36 Å². The molecule has 1 amide bonds. The summed E-state index contributed by atoms with van der Waals surface area (Å²) in [6.45, 7) is 13.0. The number of aromatic nitrogens is 4. The number of benzene rings is 2. The lowest BCUT2D eigenvalue weighted by atomic mass is 9.87. The Morgan fingerprint density at radius 3 is 2.62 bits per heavy atom. The summed E-state index contributed by atoms with van der Waals surface area (Å²) in [6.07, 6.45) is 4.31. The van der Waals surface area contributed by atoms with Crippen LogP contribution in [0.2, 0.25) is 5.02 Å². The van der Waals surface area contributed by atoms with Crippen LogP contribution in [0.25, 0.3) is 11.4 Å². The van der Waals surface area contributed by atoms with Crippen LogP contribution in [-0.2, 0) is 23.2 Å². The second kappa shape index (κ2) is 11.6. The molecule has 1 N–H and O–H groups in total. The number of carbonyl (C=O) groups is 1. The Morgan fingerprint density at radius 2 is 1.95 bits per heavy atom. The Bertz CT molecular complexity index is 1400. The predicted molar refractivity (Wildman–Crippen MR) is 155 cm³/mol. The monoisotopic (exact) mass is 551 g/mol. The lowest BCUT2D eigenvalue weighted by molar-refractivity contribution is -0.113. The van der Waals surface area contributed by atoms with E-state index in [1.54, 1.807) is 12.3 Å². The molecule has 4 rings (SSSR count). The van der Waals surface area contributed by atoms with Gasteiger partial charge in [0.25, 0.3) is 0 Å². The quantitative estimate of drug-likeness (QED) is 0.176. The molecule has 0 saturated heterocycles. The normalized spacial score (nSPS) is 11.5. The molecule has 0 spiro atoms. The zero-order valence-electron chi connectivity index (χ0n) is 21.4. The fourth-order valence-corrected chi connectivity index (χ4v) is 5.52. The van der Waals surface area contributed by atoms with Crippen LogP contribution in [0.15, 0.2) is 66.5 Å². The molecule has 6 nitrogen and oxygen atoms in total. The van der Waals surface area contributed by atoms with Gasteiger partial charge in [0.15, 0.2) is 16.1 Å². The summed E-state index contributed by atoms with van der Waals surface area (Å²) >= 11 is 9.04. The third kappa shape index (κ3) is 6.89. The summed E-state index contributed by atoms with van der Waals surface area (Å²) in [5.41, 5.74) is 4.47. The smallest absolute Gasteiger partial charge is 0.236 e. The number of anilines is 1. The van der Waals surface area contributed by atoms with E-state index in [4.69, 9.17) is 11.6 Å². The van der Waals surface area contributed by atoms with Crippen molar-refractivity contribution in [2.75, 3.05) is 11.1 Å². The molecule has 2 heterocycles. The Morgan fingerprint density at radius 1 is 1.19 bits per heavy atom. The number of thioether (sulfide) groups is 1. The van der Waals surface area contributed by atoms with Crippen molar-refractivity contribution in [1.82, 2.24) is 19.7 Å². The number of rotatable bonds is 9. The van der Waals surface area contributed by atoms with E-state index in [1.165, 1.54) is 28.7 Å². The van der Waals surface area contributed by atoms with Crippen LogP contribution in [0.1, 0.15) is 42.3 Å². The fourth-order valence-electron chi connectivity index (χ4n) is 3.70. The maximum atomic E-state index is 12.7. The van der Waals surface area contributed by atoms with E-state index < -0.39 is 0 Å². The minimum Gasteiger partial charge on any atom is -0.301 e. The number of hydrogen-bond acceptors (Lipinski definition) is 6. The number of thiazole rings is 1. The van der Waals surface area contributed by atoms with Gasteiger partial charge in [-0.1, -0.05) is 86.6 Å². The van der Waals surface area contributed by atoms with Crippen molar-refractivity contribution in [3.05, 3.63) is 87.9 Å². The van der Waals surface area contributed by atoms with E-state index in [-0.39, 0.29) is 17.1 Å². The highest BCUT2D eigenvalue weighted by atomic mass is 35.5. The highest BCUT2D eigenvalue weighted by Crippen LogP contribution is 2.28. The number of nitrogens with one attached hydrogen (secondary N) is 1. The molecule has 0 aliphatic carbocycles. The maximum absolute atomic E-state index is 12.7. The molecule has 9 heteroatoms. The van der Waals surface area contributed by atoms with E-state index in [0.29, 0.717) is 23.3 Å². The lowest BCUT2D eigenvalue weighted by Crippen LogP contribution is -2.14. The third-order valence-electron chi connectivity index (χ3n) is 5.78. The number of carbonyl (C=O) groups excluding carboxylic acids is 1. The van der Waals surface area contributed by atoms with Crippen molar-refractivity contribution in [3.63, 3.8) is 0 Å². The summed E-state index contributed by atoms with van der Waals surface area (Å²) in [6, 6.07) is 14.4. The Balaban J connectivity index is 1.38. The van der Waals surface area contributed by atoms with Gasteiger partial charge in [0.2, 0.25) is 5.91 Å². The largest absolute Gasteiger partial charge is 0.301 e. The van der Waals surface area contributed by atoms with Crippen molar-refractivity contribution >= 4 is 45.7 Å². The highest BCUT2D eigenvalue weighted by molar-refractivity contribution is 7.99. The minimum atomic E-state index is -0.145. The third-order valence-corrected chi connectivity index (χ3v) is 8.07. The maximum Gasteiger partial charge on any atom is 0.236 e. The summed E-state index contributed by atoms with van der Waals surface area (Å²) in [5, 5.41) is 13.6. The molecule has 2 aromatic carbocycles. The molecule has 0 aliphatic rings. The number of nitrogens with zero attached hydrogens (tertiary/aromatic N) is 4. The van der Waals surface area contributed by atoms with Crippen LogP contribution >= 0.6 is 34.7 Å². The topological polar surface area (TPSA) is 72.7 Å². The van der Waals surface area contributed by atoms with E-state index in [0.717, 1.165) is 32.4 Å². The molecule has 0 radical (unpaired) electrons. The number of allylic oxidation sites excluding steroid dienone is 1. The molecule has 2 aromatic heterocycles. The molecule has 0 unspecified atom stereocenters. The molecule has 37 heavy (non-hydrogen) atoms. The van der Waals surface area contributed by atoms with Crippen molar-refractivity contribution in [2.45, 2.75) is 51.2 Å². The number of hydrogen-bond donors (Lipinski definition) is 1. The second-order valence-electron chi connectivity index (χ2n) is 9.76. The van der Waals surface area contributed by atoms with Gasteiger partial charge >= 0.3 is 0 Å². The van der Waals surface area contributed by atoms with Gasteiger partial charge in [0.1, 0.15) is 0 Å². The molecule has 192 valence electrons. The van der Waals surface area contributed by atoms with Crippen molar-refractivity contribution in [3.8, 4) is 11.4 Å². The first-order valence-corrected chi connectivity index (χ1v) is 14.1. The first-order chi connectivity index (χ1) is 17.6. The summed E-state index contributed by atoms with van der Waals surface area (Å²) < 4.78 is 1.98. The summed E-state index contributed by atoms with van der Waals surface area (Å²) in [4.78, 5) is 18.1. The van der Waals surface area contributed by atoms with Gasteiger partial charge in [0.05, 0.1) is 5.75 Å². The molecule has 0 fully saturated rings. The van der Waals surface area contributed by atoms with Crippen LogP contribution in [0, 0.1) is 6.92 Å². The van der Waals surface area contributed by atoms with Crippen LogP contribution in [-0.4, -0.2) is 31.4 Å². The lowest BCUT2D eigenvalue weighted by Gasteiger charge is -2.19. The standard InChI is InChI=1S/C28H30ClN5OS2/c1-6-13-34-25(20-9-11-21(12-10-20)28(3,4)5)32-33-27(34)36-17-24(35)31-26-30-16-22(37-26)14-19-8-7-18(2)23(29)15-19/h6-12,15-16H,1,13-14,17H2,2-5H3,(H,30,31,35). The average Bonchev–Trinajstić information content (AvgIpc) is 3.46. The first-order valence-electron chi connectivity index (χ1n) is 11.9. The van der Waals surface area contributed by atoms with Crippen LogP contribution in [0.3, 0.4) is 0 Å². The number of aryl methyl sites for hydroxylation is 1. The summed E-state index contributed by atoms with van der Waals surface area (Å²) in [7, 11) is 0. The summed E-state index contributed by atoms with van der Waals surface area (Å²) in [5.74, 6) is 0.804. The SMILES string of the molecule is C=CCn1c(SCC(=O)Nc2ncc(Cc3ccc(C)c(Cl)c3)s2)nnc1-c1ccc(C(C)(C)C)cc1.